The van der Waals surface area contributed by atoms with Crippen LogP contribution in [0.1, 0.15) is 59.3 Å². The van der Waals surface area contributed by atoms with Gasteiger partial charge in [-0.25, -0.2) is 8.42 Å². The van der Waals surface area contributed by atoms with Crippen molar-refractivity contribution in [3.8, 4) is 0 Å². The summed E-state index contributed by atoms with van der Waals surface area (Å²) >= 11 is 6.00. The summed E-state index contributed by atoms with van der Waals surface area (Å²) in [7, 11) is -3.18. The van der Waals surface area contributed by atoms with E-state index in [-0.39, 0.29) is 18.0 Å². The average molecular weight is 540 g/mol. The summed E-state index contributed by atoms with van der Waals surface area (Å²) in [6.07, 6.45) is 1.53. The highest BCUT2D eigenvalue weighted by Gasteiger charge is 2.34. The Balaban J connectivity index is 1.38. The van der Waals surface area contributed by atoms with Crippen LogP contribution in [0.15, 0.2) is 66.7 Å². The molecule has 3 aromatic carbocycles. The molecule has 0 aliphatic carbocycles. The van der Waals surface area contributed by atoms with Crippen molar-refractivity contribution in [1.82, 2.24) is 0 Å². The van der Waals surface area contributed by atoms with E-state index < -0.39 is 20.7 Å². The number of nitrogens with zero attached hydrogens (tertiary/aromatic N) is 1. The topological polar surface area (TPSA) is 74.7 Å². The fourth-order valence-electron chi connectivity index (χ4n) is 4.82. The predicted molar refractivity (Wildman–Crippen MR) is 150 cm³/mol. The lowest BCUT2D eigenvalue weighted by Crippen LogP contribution is -2.42. The summed E-state index contributed by atoms with van der Waals surface area (Å²) in [6, 6.07) is 20.4. The minimum absolute atomic E-state index is 0.00332. The second-order valence-electron chi connectivity index (χ2n) is 10.3. The summed E-state index contributed by atoms with van der Waals surface area (Å²) in [5, 5.41) is 11.4. The Hall–Kier alpha value is -2.67. The molecule has 7 heteroatoms. The summed E-state index contributed by atoms with van der Waals surface area (Å²) in [4.78, 5) is 15.2. The maximum absolute atomic E-state index is 12.9. The third-order valence-corrected chi connectivity index (χ3v) is 9.72. The molecule has 0 unspecified atom stereocenters. The Labute approximate surface area is 225 Å². The number of carbonyl (C=O) groups is 1. The van der Waals surface area contributed by atoms with Gasteiger partial charge in [0.05, 0.1) is 16.6 Å². The molecule has 1 saturated heterocycles. The van der Waals surface area contributed by atoms with Gasteiger partial charge in [0, 0.05) is 35.8 Å². The molecule has 1 heterocycles. The van der Waals surface area contributed by atoms with Gasteiger partial charge in [0.2, 0.25) is 0 Å². The molecule has 0 amide bonds. The molecule has 0 atom stereocenters. The number of Topliss-reactive ketones (excluding diaryl/α,β-unsaturated/α-hetero) is 1. The Morgan fingerprint density at radius 2 is 1.57 bits per heavy atom. The van der Waals surface area contributed by atoms with Crippen molar-refractivity contribution < 1.29 is 18.3 Å². The molecule has 0 radical (unpaired) electrons. The first-order chi connectivity index (χ1) is 17.5. The Morgan fingerprint density at radius 1 is 0.973 bits per heavy atom. The molecule has 1 aliphatic rings. The van der Waals surface area contributed by atoms with Crippen LogP contribution in [0.3, 0.4) is 0 Å². The number of hydrogen-bond acceptors (Lipinski definition) is 5. The monoisotopic (exact) mass is 539 g/mol. The number of piperidine rings is 1. The molecule has 0 aromatic heterocycles. The van der Waals surface area contributed by atoms with Gasteiger partial charge in [-0.1, -0.05) is 60.1 Å². The number of hydrogen-bond donors (Lipinski definition) is 1. The van der Waals surface area contributed by atoms with Gasteiger partial charge in [-0.15, -0.1) is 0 Å². The Morgan fingerprint density at radius 3 is 2.14 bits per heavy atom. The van der Waals surface area contributed by atoms with Crippen LogP contribution in [0.2, 0.25) is 5.02 Å². The number of aryl methyl sites for hydroxylation is 1. The highest BCUT2D eigenvalue weighted by Crippen LogP contribution is 2.36. The smallest absolute Gasteiger partial charge is 0.167 e. The van der Waals surface area contributed by atoms with Crippen LogP contribution >= 0.6 is 11.6 Å². The zero-order valence-electron chi connectivity index (χ0n) is 21.6. The highest BCUT2D eigenvalue weighted by molar-refractivity contribution is 7.91. The number of halogens is 1. The van der Waals surface area contributed by atoms with Gasteiger partial charge >= 0.3 is 0 Å². The number of rotatable bonds is 8. The molecular formula is C30H34ClNO4S. The zero-order chi connectivity index (χ0) is 26.8. The van der Waals surface area contributed by atoms with Crippen molar-refractivity contribution in [2.24, 2.45) is 0 Å². The lowest BCUT2D eigenvalue weighted by molar-refractivity contribution is 0.0117. The van der Waals surface area contributed by atoms with Gasteiger partial charge in [-0.2, -0.15) is 0 Å². The lowest BCUT2D eigenvalue weighted by atomic mass is 9.84. The second kappa shape index (κ2) is 11.0. The fraction of sp³-hybridized carbons (Fsp3) is 0.367. The minimum atomic E-state index is -3.18. The summed E-state index contributed by atoms with van der Waals surface area (Å²) in [5.74, 6) is -0.0238. The number of benzene rings is 3. The van der Waals surface area contributed by atoms with Gasteiger partial charge in [-0.05, 0) is 74.1 Å². The van der Waals surface area contributed by atoms with Crippen LogP contribution in [0, 0.1) is 6.92 Å². The number of anilines is 1. The van der Waals surface area contributed by atoms with Crippen molar-refractivity contribution in [2.45, 2.75) is 56.6 Å². The van der Waals surface area contributed by atoms with Crippen molar-refractivity contribution in [3.05, 3.63) is 99.6 Å². The fourth-order valence-corrected chi connectivity index (χ4v) is 5.94. The average Bonchev–Trinajstić information content (AvgIpc) is 2.85. The predicted octanol–water partition coefficient (Wildman–Crippen LogP) is 5.89. The quantitative estimate of drug-likeness (QED) is 0.361. The summed E-state index contributed by atoms with van der Waals surface area (Å²) in [5.41, 5.74) is 4.46. The van der Waals surface area contributed by atoms with Crippen molar-refractivity contribution >= 4 is 32.9 Å². The summed E-state index contributed by atoms with van der Waals surface area (Å²) in [6.45, 7) is 6.86. The van der Waals surface area contributed by atoms with Crippen LogP contribution in [0.5, 0.6) is 0 Å². The van der Waals surface area contributed by atoms with E-state index >= 15 is 0 Å². The van der Waals surface area contributed by atoms with E-state index in [4.69, 9.17) is 11.6 Å². The maximum atomic E-state index is 12.9. The molecule has 3 aromatic rings. The molecule has 1 fully saturated rings. The van der Waals surface area contributed by atoms with Gasteiger partial charge in [-0.3, -0.25) is 4.79 Å². The zero-order valence-corrected chi connectivity index (χ0v) is 23.1. The van der Waals surface area contributed by atoms with E-state index in [9.17, 15) is 18.3 Å². The maximum Gasteiger partial charge on any atom is 0.167 e. The highest BCUT2D eigenvalue weighted by atomic mass is 35.5. The second-order valence-corrected chi connectivity index (χ2v) is 13.3. The SMILES string of the molecule is Cc1cc(CC(=O)c2ccc(CS(=O)(=O)C(C)C)cc2)ccc1N1CCC(O)(c2ccc(Cl)cc2)CC1. The van der Waals surface area contributed by atoms with E-state index in [1.807, 2.05) is 37.3 Å². The molecule has 0 spiro atoms. The van der Waals surface area contributed by atoms with Gasteiger partial charge in [0.15, 0.2) is 15.6 Å². The van der Waals surface area contributed by atoms with Crippen LogP contribution in [-0.4, -0.2) is 37.6 Å². The molecule has 37 heavy (non-hydrogen) atoms. The third kappa shape index (κ3) is 6.43. The van der Waals surface area contributed by atoms with E-state index in [1.165, 1.54) is 0 Å². The van der Waals surface area contributed by atoms with Crippen LogP contribution < -0.4 is 4.90 Å². The minimum Gasteiger partial charge on any atom is -0.385 e. The van der Waals surface area contributed by atoms with E-state index in [0.29, 0.717) is 29.0 Å². The van der Waals surface area contributed by atoms with Crippen molar-refractivity contribution in [3.63, 3.8) is 0 Å². The first-order valence-corrected chi connectivity index (χ1v) is 14.7. The standard InChI is InChI=1S/C30H34ClNO4S/c1-21(2)37(35,36)20-23-4-7-25(8-5-23)29(33)19-24-6-13-28(22(3)18-24)32-16-14-30(34,15-17-32)26-9-11-27(31)12-10-26/h4-13,18,21,34H,14-17,19-20H2,1-3H3. The summed E-state index contributed by atoms with van der Waals surface area (Å²) < 4.78 is 24.3. The molecule has 0 saturated carbocycles. The van der Waals surface area contributed by atoms with Crippen LogP contribution in [0.25, 0.3) is 0 Å². The molecule has 4 rings (SSSR count). The normalized spacial score (nSPS) is 15.7. The lowest BCUT2D eigenvalue weighted by Gasteiger charge is -2.40. The van der Waals surface area contributed by atoms with Crippen molar-refractivity contribution in [1.29, 1.82) is 0 Å². The van der Waals surface area contributed by atoms with Gasteiger partial charge < -0.3 is 10.0 Å². The molecule has 1 N–H and O–H groups in total. The molecule has 0 bridgehead atoms. The largest absolute Gasteiger partial charge is 0.385 e. The first-order valence-electron chi connectivity index (χ1n) is 12.6. The van der Waals surface area contributed by atoms with Gasteiger partial charge in [0.25, 0.3) is 0 Å². The molecule has 5 nitrogen and oxygen atoms in total. The van der Waals surface area contributed by atoms with E-state index in [2.05, 4.69) is 17.0 Å². The number of carbonyl (C=O) groups excluding carboxylic acids is 1. The van der Waals surface area contributed by atoms with Gasteiger partial charge in [0.1, 0.15) is 0 Å². The third-order valence-electron chi connectivity index (χ3n) is 7.30. The van der Waals surface area contributed by atoms with E-state index in [0.717, 1.165) is 35.5 Å². The molecule has 196 valence electrons. The Kier molecular flexibility index (Phi) is 8.12. The number of aliphatic hydroxyl groups is 1. The molecular weight excluding hydrogens is 506 g/mol. The van der Waals surface area contributed by atoms with Crippen molar-refractivity contribution in [2.75, 3.05) is 18.0 Å². The van der Waals surface area contributed by atoms with E-state index in [1.54, 1.807) is 38.1 Å². The van der Waals surface area contributed by atoms with Crippen LogP contribution in [0.4, 0.5) is 5.69 Å². The molecule has 1 aliphatic heterocycles. The number of sulfone groups is 1. The van der Waals surface area contributed by atoms with Crippen LogP contribution in [-0.2, 0) is 27.6 Å². The first kappa shape index (κ1) is 27.4. The Bertz CT molecular complexity index is 1360. The number of ketones is 1.